The van der Waals surface area contributed by atoms with Gasteiger partial charge >= 0.3 is 11.9 Å². The van der Waals surface area contributed by atoms with Crippen LogP contribution in [-0.2, 0) is 19.1 Å². The number of carbonyl (C=O) groups excluding carboxylic acids is 4. The van der Waals surface area contributed by atoms with Crippen LogP contribution < -0.4 is 11.1 Å². The molecule has 0 bridgehead atoms. The predicted octanol–water partition coefficient (Wildman–Crippen LogP) is 1.70. The van der Waals surface area contributed by atoms with Crippen LogP contribution in [0.1, 0.15) is 52.7 Å². The van der Waals surface area contributed by atoms with Gasteiger partial charge in [-0.3, -0.25) is 19.7 Å². The normalized spacial score (nSPS) is 15.9. The second-order valence-electron chi connectivity index (χ2n) is 5.96. The summed E-state index contributed by atoms with van der Waals surface area (Å²) in [5, 5.41) is 2.30. The maximum Gasteiger partial charge on any atom is 0.342 e. The molecule has 9 heteroatoms. The second-order valence-corrected chi connectivity index (χ2v) is 5.96. The molecule has 0 radical (unpaired) electrons. The van der Waals surface area contributed by atoms with Crippen molar-refractivity contribution >= 4 is 29.6 Å². The fourth-order valence-corrected chi connectivity index (χ4v) is 2.74. The number of ether oxygens (including phenoxy) is 2. The molecule has 1 atom stereocenters. The van der Waals surface area contributed by atoms with Gasteiger partial charge in [-0.15, -0.1) is 0 Å². The van der Waals surface area contributed by atoms with Crippen molar-refractivity contribution in [1.82, 2.24) is 0 Å². The Hall–Kier alpha value is -3.10. The molecule has 9 nitrogen and oxygen atoms in total. The third-order valence-electron chi connectivity index (χ3n) is 4.01. The molecule has 0 unspecified atom stereocenters. The van der Waals surface area contributed by atoms with Crippen LogP contribution in [0.4, 0.5) is 5.88 Å². The zero-order chi connectivity index (χ0) is 20.0. The molecule has 1 heterocycles. The van der Waals surface area contributed by atoms with Crippen LogP contribution in [0.5, 0.6) is 0 Å². The molecule has 1 aromatic heterocycles. The minimum Gasteiger partial charge on any atom is -0.462 e. The van der Waals surface area contributed by atoms with Crippen molar-refractivity contribution in [1.29, 1.82) is 0 Å². The van der Waals surface area contributed by atoms with Crippen LogP contribution in [0.2, 0.25) is 0 Å². The van der Waals surface area contributed by atoms with Crippen molar-refractivity contribution < 1.29 is 33.1 Å². The second kappa shape index (κ2) is 9.02. The summed E-state index contributed by atoms with van der Waals surface area (Å²) in [6.45, 7) is 2.59. The van der Waals surface area contributed by atoms with Gasteiger partial charge in [0.1, 0.15) is 16.9 Å². The fraction of sp³-hybridized carbons (Fsp3) is 0.444. The van der Waals surface area contributed by atoms with E-state index in [1.54, 1.807) is 6.92 Å². The third kappa shape index (κ3) is 4.96. The highest BCUT2D eigenvalue weighted by atomic mass is 16.5. The van der Waals surface area contributed by atoms with Crippen LogP contribution in [0, 0.1) is 12.8 Å². The van der Waals surface area contributed by atoms with E-state index in [1.807, 2.05) is 12.2 Å². The van der Waals surface area contributed by atoms with Crippen LogP contribution >= 0.6 is 0 Å². The minimum absolute atomic E-state index is 0.0727. The van der Waals surface area contributed by atoms with Gasteiger partial charge in [0.2, 0.25) is 5.88 Å². The van der Waals surface area contributed by atoms with Crippen LogP contribution in [0.3, 0.4) is 0 Å². The number of allylic oxidation sites excluding steroid dienone is 2. The molecule has 0 fully saturated rings. The molecule has 146 valence electrons. The summed E-state index contributed by atoms with van der Waals surface area (Å²) in [5.41, 5.74) is 4.87. The zero-order valence-electron chi connectivity index (χ0n) is 15.2. The first-order chi connectivity index (χ1) is 12.8. The minimum atomic E-state index is -0.962. The number of hydrogen-bond donors (Lipinski definition) is 2. The van der Waals surface area contributed by atoms with Crippen molar-refractivity contribution in [2.45, 2.75) is 33.1 Å². The molecular weight excluding hydrogens is 356 g/mol. The van der Waals surface area contributed by atoms with Crippen LogP contribution in [-0.4, -0.2) is 37.0 Å². The molecule has 0 saturated carbocycles. The lowest BCUT2D eigenvalue weighted by Crippen LogP contribution is -2.26. The van der Waals surface area contributed by atoms with Gasteiger partial charge < -0.3 is 19.6 Å². The van der Waals surface area contributed by atoms with Crippen molar-refractivity contribution in [3.05, 3.63) is 29.0 Å². The summed E-state index contributed by atoms with van der Waals surface area (Å²) in [5.74, 6) is -3.42. The van der Waals surface area contributed by atoms with Crippen molar-refractivity contribution in [2.24, 2.45) is 11.7 Å². The molecule has 0 aromatic carbocycles. The van der Waals surface area contributed by atoms with E-state index >= 15 is 0 Å². The Kier molecular flexibility index (Phi) is 6.75. The average Bonchev–Trinajstić information content (AvgIpc) is 2.96. The highest BCUT2D eigenvalue weighted by Crippen LogP contribution is 2.27. The number of aryl methyl sites for hydroxylation is 1. The van der Waals surface area contributed by atoms with Gasteiger partial charge in [0.25, 0.3) is 11.8 Å². The summed E-state index contributed by atoms with van der Waals surface area (Å²) < 4.78 is 15.2. The summed E-state index contributed by atoms with van der Waals surface area (Å²) in [7, 11) is 0. The lowest BCUT2D eigenvalue weighted by molar-refractivity contribution is -0.151. The van der Waals surface area contributed by atoms with Crippen molar-refractivity contribution in [3.8, 4) is 0 Å². The Morgan fingerprint density at radius 1 is 1.22 bits per heavy atom. The first-order valence-corrected chi connectivity index (χ1v) is 8.56. The number of nitrogens with two attached hydrogens (primary N) is 1. The average molecular weight is 378 g/mol. The maximum absolute atomic E-state index is 12.1. The van der Waals surface area contributed by atoms with E-state index < -0.39 is 30.4 Å². The van der Waals surface area contributed by atoms with E-state index in [0.29, 0.717) is 12.8 Å². The third-order valence-corrected chi connectivity index (χ3v) is 4.01. The first-order valence-electron chi connectivity index (χ1n) is 8.56. The van der Waals surface area contributed by atoms with E-state index in [4.69, 9.17) is 19.6 Å². The molecule has 0 saturated heterocycles. The largest absolute Gasteiger partial charge is 0.462 e. The summed E-state index contributed by atoms with van der Waals surface area (Å²) in [4.78, 5) is 47.7. The molecule has 1 aromatic rings. The standard InChI is InChI=1S/C18H22N2O7/c1-3-25-18(24)13-10(2)27-16(14(13)15(19)22)20-12(21)9-26-17(23)11-7-5-4-6-8-11/h4-5,11H,3,6-9H2,1-2H3,(H2,19,22)(H,20,21)/t11-/m1/s1. The molecule has 2 rings (SSSR count). The fourth-order valence-electron chi connectivity index (χ4n) is 2.74. The van der Waals surface area contributed by atoms with Crippen molar-refractivity contribution in [3.63, 3.8) is 0 Å². The topological polar surface area (TPSA) is 138 Å². The molecule has 0 spiro atoms. The number of esters is 2. The highest BCUT2D eigenvalue weighted by molar-refractivity contribution is 6.10. The van der Waals surface area contributed by atoms with Gasteiger partial charge in [-0.2, -0.15) is 0 Å². The Morgan fingerprint density at radius 2 is 1.96 bits per heavy atom. The Balaban J connectivity index is 2.05. The number of hydrogen-bond acceptors (Lipinski definition) is 7. The number of nitrogens with one attached hydrogen (secondary N) is 1. The van der Waals surface area contributed by atoms with Gasteiger partial charge in [0, 0.05) is 0 Å². The van der Waals surface area contributed by atoms with Gasteiger partial charge in [-0.1, -0.05) is 12.2 Å². The molecule has 1 aliphatic rings. The van der Waals surface area contributed by atoms with E-state index in [1.165, 1.54) is 6.92 Å². The Morgan fingerprint density at radius 3 is 2.56 bits per heavy atom. The van der Waals surface area contributed by atoms with Crippen LogP contribution in [0.25, 0.3) is 0 Å². The number of carbonyl (C=O) groups is 4. The smallest absolute Gasteiger partial charge is 0.342 e. The number of amides is 2. The molecule has 0 aliphatic heterocycles. The number of anilines is 1. The summed E-state index contributed by atoms with van der Waals surface area (Å²) >= 11 is 0. The van der Waals surface area contributed by atoms with Gasteiger partial charge in [-0.25, -0.2) is 4.79 Å². The van der Waals surface area contributed by atoms with Gasteiger partial charge in [-0.05, 0) is 33.1 Å². The van der Waals surface area contributed by atoms with E-state index in [-0.39, 0.29) is 35.3 Å². The number of furan rings is 1. The number of rotatable bonds is 7. The monoisotopic (exact) mass is 378 g/mol. The Bertz CT molecular complexity index is 779. The lowest BCUT2D eigenvalue weighted by atomic mass is 9.95. The van der Waals surface area contributed by atoms with Gasteiger partial charge in [0.15, 0.2) is 6.61 Å². The molecular formula is C18H22N2O7. The lowest BCUT2D eigenvalue weighted by Gasteiger charge is -2.16. The molecule has 1 aliphatic carbocycles. The summed E-state index contributed by atoms with van der Waals surface area (Å²) in [6, 6.07) is 0. The molecule has 2 amide bonds. The van der Waals surface area contributed by atoms with E-state index in [2.05, 4.69) is 5.32 Å². The Labute approximate surface area is 155 Å². The van der Waals surface area contributed by atoms with Gasteiger partial charge in [0.05, 0.1) is 12.5 Å². The zero-order valence-corrected chi connectivity index (χ0v) is 15.2. The maximum atomic E-state index is 12.1. The predicted molar refractivity (Wildman–Crippen MR) is 94.0 cm³/mol. The SMILES string of the molecule is CCOC(=O)c1c(C)oc(NC(=O)COC(=O)[C@@H]2CC=CCC2)c1C(N)=O. The highest BCUT2D eigenvalue weighted by Gasteiger charge is 2.29. The number of primary amides is 1. The van der Waals surface area contributed by atoms with Crippen LogP contribution in [0.15, 0.2) is 16.6 Å². The van der Waals surface area contributed by atoms with E-state index in [9.17, 15) is 19.2 Å². The van der Waals surface area contributed by atoms with Crippen molar-refractivity contribution in [2.75, 3.05) is 18.5 Å². The van der Waals surface area contributed by atoms with E-state index in [0.717, 1.165) is 6.42 Å². The molecule has 27 heavy (non-hydrogen) atoms. The molecule has 3 N–H and O–H groups in total. The summed E-state index contributed by atoms with van der Waals surface area (Å²) in [6.07, 6.45) is 5.92. The quantitative estimate of drug-likeness (QED) is 0.544. The first kappa shape index (κ1) is 20.2.